The van der Waals surface area contributed by atoms with Crippen LogP contribution in [0.1, 0.15) is 17.8 Å². The molecule has 1 amide bonds. The summed E-state index contributed by atoms with van der Waals surface area (Å²) in [5.74, 6) is 0.336. The minimum Gasteiger partial charge on any atom is -0.332 e. The molecule has 0 radical (unpaired) electrons. The molecule has 2 heterocycles. The van der Waals surface area contributed by atoms with Gasteiger partial charge in [-0.1, -0.05) is 72.4 Å². The summed E-state index contributed by atoms with van der Waals surface area (Å²) in [5, 5.41) is 3.54. The van der Waals surface area contributed by atoms with E-state index in [0.29, 0.717) is 22.8 Å². The number of hydrogen-bond donors (Lipinski definition) is 3. The number of benzene rings is 3. The largest absolute Gasteiger partial charge is 0.332 e. The first-order valence-electron chi connectivity index (χ1n) is 12.9. The number of sulfonamides is 1. The highest BCUT2D eigenvalue weighted by molar-refractivity contribution is 7.99. The molecule has 0 unspecified atom stereocenters. The third-order valence-corrected chi connectivity index (χ3v) is 8.24. The molecule has 0 aliphatic heterocycles. The molecule has 0 bridgehead atoms. The number of nitrogens with one attached hydrogen (secondary N) is 3. The quantitative estimate of drug-likeness (QED) is 0.170. The number of anilines is 2. The zero-order chi connectivity index (χ0) is 28.8. The third kappa shape index (κ3) is 7.19. The Kier molecular flexibility index (Phi) is 8.46. The standard InChI is InChI=1S/C30H28N6O3S2/c1-20-19-21(2)32-29(31-20)36-41(38,39)25-15-13-24(14-16-25)33-26(37)17-18-40-30-34-27(22-9-5-3-6-10-22)28(35-30)23-11-7-4-8-12-23/h3-16,19H,17-18H2,1-2H3,(H,33,37)(H,34,35)(H,31,32,36). The van der Waals surface area contributed by atoms with E-state index < -0.39 is 10.0 Å². The molecule has 208 valence electrons. The van der Waals surface area contributed by atoms with Crippen LogP contribution in [-0.2, 0) is 14.8 Å². The number of hydrogen-bond acceptors (Lipinski definition) is 7. The Balaban J connectivity index is 1.19. The zero-order valence-corrected chi connectivity index (χ0v) is 24.1. The van der Waals surface area contributed by atoms with Crippen LogP contribution in [-0.4, -0.2) is 40.0 Å². The Hall–Kier alpha value is -4.48. The molecule has 3 N–H and O–H groups in total. The second-order valence-electron chi connectivity index (χ2n) is 9.25. The topological polar surface area (TPSA) is 130 Å². The van der Waals surface area contributed by atoms with Gasteiger partial charge < -0.3 is 10.3 Å². The highest BCUT2D eigenvalue weighted by Crippen LogP contribution is 2.32. The molecular weight excluding hydrogens is 557 g/mol. The molecular formula is C30H28N6O3S2. The number of amides is 1. The van der Waals surface area contributed by atoms with Gasteiger partial charge in [0.25, 0.3) is 10.0 Å². The van der Waals surface area contributed by atoms with E-state index in [9.17, 15) is 13.2 Å². The van der Waals surface area contributed by atoms with Crippen LogP contribution in [0.5, 0.6) is 0 Å². The Morgan fingerprint density at radius 3 is 2.07 bits per heavy atom. The van der Waals surface area contributed by atoms with Gasteiger partial charge in [0.2, 0.25) is 11.9 Å². The molecule has 5 aromatic rings. The fourth-order valence-corrected chi connectivity index (χ4v) is 5.93. The lowest BCUT2D eigenvalue weighted by atomic mass is 10.1. The van der Waals surface area contributed by atoms with Gasteiger partial charge in [0.05, 0.1) is 16.3 Å². The summed E-state index contributed by atoms with van der Waals surface area (Å²) < 4.78 is 27.9. The van der Waals surface area contributed by atoms with Gasteiger partial charge in [-0.25, -0.2) is 28.1 Å². The fraction of sp³-hybridized carbons (Fsp3) is 0.133. The Bertz CT molecular complexity index is 1680. The van der Waals surface area contributed by atoms with Crippen molar-refractivity contribution in [3.05, 3.63) is 102 Å². The fourth-order valence-electron chi connectivity index (χ4n) is 4.17. The van der Waals surface area contributed by atoms with Crippen molar-refractivity contribution >= 4 is 39.3 Å². The number of aromatic amines is 1. The van der Waals surface area contributed by atoms with Crippen molar-refractivity contribution < 1.29 is 13.2 Å². The summed E-state index contributed by atoms with van der Waals surface area (Å²) in [5.41, 5.74) is 5.64. The van der Waals surface area contributed by atoms with E-state index >= 15 is 0 Å². The van der Waals surface area contributed by atoms with Gasteiger partial charge in [-0.2, -0.15) is 0 Å². The maximum Gasteiger partial charge on any atom is 0.264 e. The first-order chi connectivity index (χ1) is 19.8. The van der Waals surface area contributed by atoms with Gasteiger partial charge in [-0.15, -0.1) is 0 Å². The van der Waals surface area contributed by atoms with Crippen molar-refractivity contribution in [1.29, 1.82) is 0 Å². The molecule has 0 fully saturated rings. The van der Waals surface area contributed by atoms with Crippen molar-refractivity contribution in [3.8, 4) is 22.5 Å². The van der Waals surface area contributed by atoms with Gasteiger partial charge in [0.1, 0.15) is 0 Å². The van der Waals surface area contributed by atoms with Crippen molar-refractivity contribution in [2.45, 2.75) is 30.3 Å². The number of rotatable bonds is 10. The molecule has 0 saturated carbocycles. The van der Waals surface area contributed by atoms with Gasteiger partial charge in [-0.05, 0) is 44.2 Å². The van der Waals surface area contributed by atoms with Crippen LogP contribution >= 0.6 is 11.8 Å². The second-order valence-corrected chi connectivity index (χ2v) is 12.0. The number of thioether (sulfide) groups is 1. The molecule has 41 heavy (non-hydrogen) atoms. The molecule has 9 nitrogen and oxygen atoms in total. The zero-order valence-electron chi connectivity index (χ0n) is 22.5. The van der Waals surface area contributed by atoms with Crippen molar-refractivity contribution in [2.75, 3.05) is 15.8 Å². The lowest BCUT2D eigenvalue weighted by Crippen LogP contribution is -2.16. The van der Waals surface area contributed by atoms with Gasteiger partial charge in [-0.3, -0.25) is 4.79 Å². The maximum absolute atomic E-state index is 12.8. The predicted octanol–water partition coefficient (Wildman–Crippen LogP) is 6.07. The van der Waals surface area contributed by atoms with Crippen LogP contribution in [0.3, 0.4) is 0 Å². The molecule has 11 heteroatoms. The first-order valence-corrected chi connectivity index (χ1v) is 15.3. The van der Waals surface area contributed by atoms with Gasteiger partial charge >= 0.3 is 0 Å². The highest BCUT2D eigenvalue weighted by atomic mass is 32.2. The van der Waals surface area contributed by atoms with Crippen LogP contribution in [0.2, 0.25) is 0 Å². The van der Waals surface area contributed by atoms with Crippen LogP contribution in [0, 0.1) is 13.8 Å². The Morgan fingerprint density at radius 2 is 1.44 bits per heavy atom. The smallest absolute Gasteiger partial charge is 0.264 e. The number of H-pyrrole nitrogens is 1. The summed E-state index contributed by atoms with van der Waals surface area (Å²) in [7, 11) is -3.88. The monoisotopic (exact) mass is 584 g/mol. The van der Waals surface area contributed by atoms with Crippen molar-refractivity contribution in [3.63, 3.8) is 0 Å². The van der Waals surface area contributed by atoms with E-state index in [1.165, 1.54) is 23.9 Å². The van der Waals surface area contributed by atoms with Crippen molar-refractivity contribution in [1.82, 2.24) is 19.9 Å². The maximum atomic E-state index is 12.8. The summed E-state index contributed by atoms with van der Waals surface area (Å²) in [6.45, 7) is 3.53. The number of nitrogens with zero attached hydrogens (tertiary/aromatic N) is 3. The molecule has 5 rings (SSSR count). The van der Waals surface area contributed by atoms with E-state index in [1.54, 1.807) is 32.0 Å². The average Bonchev–Trinajstić information content (AvgIpc) is 3.38. The summed E-state index contributed by atoms with van der Waals surface area (Å²) >= 11 is 1.47. The summed E-state index contributed by atoms with van der Waals surface area (Å²) in [6.07, 6.45) is 0.248. The second kappa shape index (κ2) is 12.4. The molecule has 0 aliphatic rings. The molecule has 0 saturated heterocycles. The number of imidazole rings is 1. The highest BCUT2D eigenvalue weighted by Gasteiger charge is 2.17. The average molecular weight is 585 g/mol. The van der Waals surface area contributed by atoms with E-state index in [0.717, 1.165) is 27.7 Å². The van der Waals surface area contributed by atoms with Crippen molar-refractivity contribution in [2.24, 2.45) is 0 Å². The van der Waals surface area contributed by atoms with E-state index in [1.807, 2.05) is 60.7 Å². The minimum atomic E-state index is -3.88. The SMILES string of the molecule is Cc1cc(C)nc(NS(=O)(=O)c2ccc(NC(=O)CCSc3nc(-c4ccccc4)c(-c4ccccc4)[nH]3)cc2)n1. The van der Waals surface area contributed by atoms with E-state index in [2.05, 4.69) is 25.0 Å². The number of carbonyl (C=O) groups is 1. The summed E-state index contributed by atoms with van der Waals surface area (Å²) in [4.78, 5) is 29.1. The number of aryl methyl sites for hydroxylation is 2. The van der Waals surface area contributed by atoms with Crippen LogP contribution < -0.4 is 10.0 Å². The normalized spacial score (nSPS) is 11.3. The molecule has 0 aliphatic carbocycles. The van der Waals surface area contributed by atoms with Crippen LogP contribution in [0.25, 0.3) is 22.5 Å². The Labute approximate surface area is 242 Å². The Morgan fingerprint density at radius 1 is 0.829 bits per heavy atom. The van der Waals surface area contributed by atoms with Crippen LogP contribution in [0.15, 0.2) is 101 Å². The number of carbonyl (C=O) groups excluding carboxylic acids is 1. The van der Waals surface area contributed by atoms with Gasteiger partial charge in [0.15, 0.2) is 5.16 Å². The third-order valence-electron chi connectivity index (χ3n) is 6.02. The van der Waals surface area contributed by atoms with Crippen LogP contribution in [0.4, 0.5) is 11.6 Å². The molecule has 2 aromatic heterocycles. The van der Waals surface area contributed by atoms with E-state index in [4.69, 9.17) is 4.98 Å². The predicted molar refractivity (Wildman–Crippen MR) is 162 cm³/mol. The molecule has 0 spiro atoms. The molecule has 3 aromatic carbocycles. The number of aromatic nitrogens is 4. The summed E-state index contributed by atoms with van der Waals surface area (Å²) in [6, 6.07) is 27.7. The minimum absolute atomic E-state index is 0.0146. The lowest BCUT2D eigenvalue weighted by molar-refractivity contribution is -0.115. The first kappa shape index (κ1) is 28.1. The van der Waals surface area contributed by atoms with Gasteiger partial charge in [0, 0.05) is 40.4 Å². The van der Waals surface area contributed by atoms with E-state index in [-0.39, 0.29) is 23.2 Å². The molecule has 0 atom stereocenters. The lowest BCUT2D eigenvalue weighted by Gasteiger charge is -2.09.